The van der Waals surface area contributed by atoms with E-state index in [0.717, 1.165) is 67.0 Å². The van der Waals surface area contributed by atoms with Gasteiger partial charge in [-0.05, 0) is 274 Å². The van der Waals surface area contributed by atoms with E-state index in [4.69, 9.17) is 8.83 Å². The molecule has 1 atom stereocenters. The first-order valence-corrected chi connectivity index (χ1v) is 43.3. The number of hydrogen-bond donors (Lipinski definition) is 0. The standard InChI is InChI=1S/C53H64BrNO.C43H53NO.C10H12BrI/c1-49(2,3)36-18-16-34(17-19-36)48(43-31-38(51(7,8)9)22-26-45(43)54)35-28-40(53(13,14)15)30-42(29-35)55(41-24-20-37(21-25-41)50(4,5)6)46-33-56-47-27-23-39(32-44(46)47)52(10,11)12;1-40(2,3)31-15-13-29(14-16-31)23-30-24-34(43(10,11)12)26-36(25-30)44(35-20-17-32(18-21-35)41(4,5)6)38-28-45-39-22-19-33(27-37(38)39)42(7,8)9;1-10(2,3)7-4-5-8(11)9(12)6-7/h16-33,48H,1-15H3;13-22,24-28H,23H2,1-12H3;4-6H,1-3H3. The van der Waals surface area contributed by atoms with Gasteiger partial charge in [0.25, 0.3) is 0 Å². The van der Waals surface area contributed by atoms with Crippen LogP contribution in [-0.4, -0.2) is 0 Å². The maximum Gasteiger partial charge on any atom is 0.136 e. The molecule has 0 saturated carbocycles. The van der Waals surface area contributed by atoms with Crippen LogP contribution in [0.4, 0.5) is 34.1 Å². The number of rotatable bonds is 11. The van der Waals surface area contributed by atoms with Crippen molar-refractivity contribution >= 4 is 111 Å². The highest BCUT2D eigenvalue weighted by molar-refractivity contribution is 14.1. The van der Waals surface area contributed by atoms with E-state index in [1.165, 1.54) is 91.5 Å². The Kier molecular flexibility index (Phi) is 25.6. The molecule has 0 spiro atoms. The molecule has 2 aromatic heterocycles. The highest BCUT2D eigenvalue weighted by Gasteiger charge is 2.32. The zero-order chi connectivity index (χ0) is 83.5. The zero-order valence-electron chi connectivity index (χ0n) is 73.9. The fourth-order valence-electron chi connectivity index (χ4n) is 14.4. The van der Waals surface area contributed by atoms with Gasteiger partial charge in [0.15, 0.2) is 0 Å². The van der Waals surface area contributed by atoms with E-state index in [-0.39, 0.29) is 60.1 Å². The molecule has 2 heterocycles. The van der Waals surface area contributed by atoms with Crippen LogP contribution in [0.3, 0.4) is 0 Å². The van der Waals surface area contributed by atoms with Gasteiger partial charge in [-0.15, -0.1) is 0 Å². The van der Waals surface area contributed by atoms with Crippen molar-refractivity contribution in [2.24, 2.45) is 0 Å². The smallest absolute Gasteiger partial charge is 0.136 e. The highest BCUT2D eigenvalue weighted by Crippen LogP contribution is 2.49. The first kappa shape index (κ1) is 87.9. The lowest BCUT2D eigenvalue weighted by Gasteiger charge is -2.31. The normalized spacial score (nSPS) is 13.2. The lowest BCUT2D eigenvalue weighted by atomic mass is 9.77. The largest absolute Gasteiger partial charge is 0.462 e. The van der Waals surface area contributed by atoms with Crippen molar-refractivity contribution in [1.29, 1.82) is 0 Å². The van der Waals surface area contributed by atoms with E-state index < -0.39 is 0 Å². The average Bonchev–Trinajstić information content (AvgIpc) is 1.72. The fraction of sp³-hybridized carbons (Fsp3) is 0.396. The molecule has 12 rings (SSSR count). The summed E-state index contributed by atoms with van der Waals surface area (Å²) in [6.07, 6.45) is 4.76. The molecular weight excluding hydrogens is 1620 g/mol. The molecule has 0 bridgehead atoms. The lowest BCUT2D eigenvalue weighted by molar-refractivity contribution is 0.587. The van der Waals surface area contributed by atoms with E-state index >= 15 is 0 Å². The summed E-state index contributed by atoms with van der Waals surface area (Å²) in [6, 6.07) is 77.9. The lowest BCUT2D eigenvalue weighted by Crippen LogP contribution is -2.18. The van der Waals surface area contributed by atoms with Gasteiger partial charge in [-0.3, -0.25) is 0 Å². The molecule has 4 nitrogen and oxygen atoms in total. The monoisotopic (exact) mass is 1750 g/mol. The van der Waals surface area contributed by atoms with Crippen LogP contribution in [0.1, 0.15) is 297 Å². The molecule has 0 radical (unpaired) electrons. The van der Waals surface area contributed by atoms with Crippen LogP contribution in [0.25, 0.3) is 21.9 Å². The van der Waals surface area contributed by atoms with Crippen LogP contribution in [0.15, 0.2) is 237 Å². The minimum absolute atomic E-state index is 0.00122. The van der Waals surface area contributed by atoms with Crippen molar-refractivity contribution < 1.29 is 8.83 Å². The van der Waals surface area contributed by atoms with E-state index in [2.05, 4.69) is 478 Å². The summed E-state index contributed by atoms with van der Waals surface area (Å²) >= 11 is 9.89. The fourth-order valence-corrected chi connectivity index (χ4v) is 15.6. The third-order valence-corrected chi connectivity index (χ3v) is 25.1. The van der Waals surface area contributed by atoms with Gasteiger partial charge >= 0.3 is 0 Å². The predicted octanol–water partition coefficient (Wildman–Crippen LogP) is 33.4. The Morgan fingerprint density at radius 1 is 0.274 bits per heavy atom. The maximum atomic E-state index is 6.38. The SMILES string of the molecule is CC(C)(C)c1ccc(Br)c(I)c1.CC(C)(C)c1ccc(C(c2cc(N(c3ccc(C(C)(C)C)cc3)c3coc4ccc(C(C)(C)C)cc34)cc(C(C)(C)C)c2)c2cc(C(C)(C)C)ccc2Br)cc1.CC(C)(C)c1ccc(Cc2cc(N(c3ccc(C(C)(C)C)cc3)c3coc4ccc(C(C)(C)C)cc34)cc(C(C)(C)C)c2)cc1. The molecule has 12 aromatic rings. The van der Waals surface area contributed by atoms with E-state index in [1.54, 1.807) is 0 Å². The van der Waals surface area contributed by atoms with Crippen LogP contribution >= 0.6 is 54.5 Å². The predicted molar refractivity (Wildman–Crippen MR) is 506 cm³/mol. The Morgan fingerprint density at radius 3 is 0.973 bits per heavy atom. The number of anilines is 6. The Bertz CT molecular complexity index is 5290. The third-order valence-electron chi connectivity index (χ3n) is 22.1. The van der Waals surface area contributed by atoms with Crippen molar-refractivity contribution in [3.63, 3.8) is 0 Å². The summed E-state index contributed by atoms with van der Waals surface area (Å²) in [6.45, 7) is 68.4. The van der Waals surface area contributed by atoms with E-state index in [1.807, 2.05) is 12.5 Å². The number of fused-ring (bicyclic) bond motifs is 2. The summed E-state index contributed by atoms with van der Waals surface area (Å²) in [7, 11) is 0. The minimum Gasteiger partial charge on any atom is -0.462 e. The maximum absolute atomic E-state index is 6.38. The summed E-state index contributed by atoms with van der Waals surface area (Å²) in [4.78, 5) is 4.82. The topological polar surface area (TPSA) is 32.8 Å². The van der Waals surface area contributed by atoms with Crippen LogP contribution in [-0.2, 0) is 60.6 Å². The Labute approximate surface area is 712 Å². The minimum atomic E-state index is -0.116. The van der Waals surface area contributed by atoms with Crippen molar-refractivity contribution in [2.75, 3.05) is 9.80 Å². The molecule has 0 fully saturated rings. The number of nitrogens with zero attached hydrogens (tertiary/aromatic N) is 2. The summed E-state index contributed by atoms with van der Waals surface area (Å²) in [5.74, 6) is -0.0274. The molecule has 0 saturated heterocycles. The molecule has 113 heavy (non-hydrogen) atoms. The van der Waals surface area contributed by atoms with Gasteiger partial charge in [0, 0.05) is 52.0 Å². The molecule has 1 unspecified atom stereocenters. The highest BCUT2D eigenvalue weighted by atomic mass is 127. The van der Waals surface area contributed by atoms with Gasteiger partial charge in [-0.25, -0.2) is 0 Å². The molecule has 0 aliphatic carbocycles. The Morgan fingerprint density at radius 2 is 0.593 bits per heavy atom. The van der Waals surface area contributed by atoms with Gasteiger partial charge in [0.1, 0.15) is 23.7 Å². The van der Waals surface area contributed by atoms with Crippen LogP contribution in [0.2, 0.25) is 0 Å². The first-order chi connectivity index (χ1) is 52.0. The Hall–Kier alpha value is -7.43. The van der Waals surface area contributed by atoms with Gasteiger partial charge in [0.2, 0.25) is 0 Å². The van der Waals surface area contributed by atoms with Crippen LogP contribution < -0.4 is 9.80 Å². The molecule has 7 heteroatoms. The van der Waals surface area contributed by atoms with Gasteiger partial charge < -0.3 is 18.6 Å². The van der Waals surface area contributed by atoms with Gasteiger partial charge in [0.05, 0.1) is 11.4 Å². The quantitative estimate of drug-likeness (QED) is 0.0954. The van der Waals surface area contributed by atoms with Gasteiger partial charge in [-0.2, -0.15) is 0 Å². The molecule has 0 amide bonds. The summed E-state index contributed by atoms with van der Waals surface area (Å²) in [5.41, 5.74) is 28.4. The molecule has 10 aromatic carbocycles. The second-order valence-electron chi connectivity index (χ2n) is 41.9. The average molecular weight is 1750 g/mol. The molecular formula is C106H129Br2IN2O2. The van der Waals surface area contributed by atoms with Crippen molar-refractivity contribution in [1.82, 2.24) is 0 Å². The van der Waals surface area contributed by atoms with E-state index in [0.29, 0.717) is 0 Å². The third kappa shape index (κ3) is 21.4. The van der Waals surface area contributed by atoms with E-state index in [9.17, 15) is 0 Å². The number of benzene rings is 10. The number of hydrogen-bond acceptors (Lipinski definition) is 4. The molecule has 0 aliphatic rings. The van der Waals surface area contributed by atoms with Gasteiger partial charge in [-0.1, -0.05) is 339 Å². The van der Waals surface area contributed by atoms with Crippen molar-refractivity contribution in [3.8, 4) is 0 Å². The Balaban J connectivity index is 0.000000212. The first-order valence-electron chi connectivity index (χ1n) is 40.6. The van der Waals surface area contributed by atoms with Crippen molar-refractivity contribution in [3.05, 3.63) is 315 Å². The molecule has 0 aliphatic heterocycles. The van der Waals surface area contributed by atoms with Crippen molar-refractivity contribution in [2.45, 2.75) is 274 Å². The second kappa shape index (κ2) is 32.9. The zero-order valence-corrected chi connectivity index (χ0v) is 79.2. The molecule has 596 valence electrons. The van der Waals surface area contributed by atoms with Crippen LogP contribution in [0.5, 0.6) is 0 Å². The second-order valence-corrected chi connectivity index (χ2v) is 44.8. The number of furan rings is 2. The van der Waals surface area contributed by atoms with Crippen LogP contribution in [0, 0.1) is 3.57 Å². The summed E-state index contributed by atoms with van der Waals surface area (Å²) < 4.78 is 16.2. The summed E-state index contributed by atoms with van der Waals surface area (Å²) in [5, 5.41) is 2.23. The molecule has 0 N–H and O–H groups in total. The number of halogens is 3.